The van der Waals surface area contributed by atoms with E-state index in [2.05, 4.69) is 25.7 Å². The highest BCUT2D eigenvalue weighted by molar-refractivity contribution is 4.76. The van der Waals surface area contributed by atoms with Crippen molar-refractivity contribution in [2.45, 2.75) is 52.1 Å². The van der Waals surface area contributed by atoms with Gasteiger partial charge in [0.1, 0.15) is 0 Å². The maximum absolute atomic E-state index is 5.87. The third-order valence-electron chi connectivity index (χ3n) is 3.36. The largest absolute Gasteiger partial charge is 0.328 e. The van der Waals surface area contributed by atoms with E-state index >= 15 is 0 Å². The van der Waals surface area contributed by atoms with Crippen LogP contribution >= 0.6 is 0 Å². The Hall–Kier alpha value is -0.0800. The summed E-state index contributed by atoms with van der Waals surface area (Å²) in [6.45, 7) is 9.16. The van der Waals surface area contributed by atoms with Crippen molar-refractivity contribution in [3.63, 3.8) is 0 Å². The zero-order valence-corrected chi connectivity index (χ0v) is 9.29. The molecule has 0 amide bonds. The standard InChI is InChI=1S/C11H24N2/c1-9(11(3)12)8-13-7-5-4-6-10(13)2/h9-11H,4-8,12H2,1-3H3. The summed E-state index contributed by atoms with van der Waals surface area (Å²) in [5.74, 6) is 0.626. The zero-order chi connectivity index (χ0) is 9.84. The van der Waals surface area contributed by atoms with Crippen molar-refractivity contribution in [2.24, 2.45) is 11.7 Å². The third kappa shape index (κ3) is 3.28. The van der Waals surface area contributed by atoms with Gasteiger partial charge < -0.3 is 10.6 Å². The molecule has 1 heterocycles. The molecule has 3 unspecified atom stereocenters. The molecule has 0 bridgehead atoms. The average molecular weight is 184 g/mol. The number of rotatable bonds is 3. The predicted molar refractivity (Wildman–Crippen MR) is 57.7 cm³/mol. The topological polar surface area (TPSA) is 29.3 Å². The summed E-state index contributed by atoms with van der Waals surface area (Å²) in [5.41, 5.74) is 5.87. The summed E-state index contributed by atoms with van der Waals surface area (Å²) >= 11 is 0. The predicted octanol–water partition coefficient (Wildman–Crippen LogP) is 1.84. The molecule has 3 atom stereocenters. The summed E-state index contributed by atoms with van der Waals surface area (Å²) in [7, 11) is 0. The van der Waals surface area contributed by atoms with Crippen LogP contribution in [0.1, 0.15) is 40.0 Å². The first-order chi connectivity index (χ1) is 6.11. The number of hydrogen-bond donors (Lipinski definition) is 1. The second-order valence-electron chi connectivity index (χ2n) is 4.68. The Kier molecular flexibility index (Phi) is 4.20. The Labute approximate surface area is 82.5 Å². The van der Waals surface area contributed by atoms with Crippen LogP contribution in [-0.2, 0) is 0 Å². The van der Waals surface area contributed by atoms with Crippen molar-refractivity contribution in [2.75, 3.05) is 13.1 Å². The van der Waals surface area contributed by atoms with Gasteiger partial charge in [0.05, 0.1) is 0 Å². The lowest BCUT2D eigenvalue weighted by atomic mass is 9.99. The molecule has 1 fully saturated rings. The lowest BCUT2D eigenvalue weighted by molar-refractivity contribution is 0.134. The van der Waals surface area contributed by atoms with Crippen LogP contribution in [0.4, 0.5) is 0 Å². The highest BCUT2D eigenvalue weighted by Gasteiger charge is 2.20. The van der Waals surface area contributed by atoms with E-state index in [-0.39, 0.29) is 0 Å². The van der Waals surface area contributed by atoms with Gasteiger partial charge in [0.15, 0.2) is 0 Å². The molecule has 1 aliphatic heterocycles. The van der Waals surface area contributed by atoms with Gasteiger partial charge in [-0.1, -0.05) is 13.3 Å². The van der Waals surface area contributed by atoms with Crippen molar-refractivity contribution < 1.29 is 0 Å². The van der Waals surface area contributed by atoms with Crippen LogP contribution in [0.25, 0.3) is 0 Å². The van der Waals surface area contributed by atoms with E-state index in [0.29, 0.717) is 12.0 Å². The Morgan fingerprint density at radius 2 is 2.08 bits per heavy atom. The highest BCUT2D eigenvalue weighted by atomic mass is 15.2. The van der Waals surface area contributed by atoms with Crippen molar-refractivity contribution in [3.05, 3.63) is 0 Å². The van der Waals surface area contributed by atoms with E-state index in [1.165, 1.54) is 32.4 Å². The van der Waals surface area contributed by atoms with E-state index in [1.807, 2.05) is 0 Å². The van der Waals surface area contributed by atoms with Crippen LogP contribution in [0.3, 0.4) is 0 Å². The van der Waals surface area contributed by atoms with Crippen molar-refractivity contribution in [3.8, 4) is 0 Å². The van der Waals surface area contributed by atoms with Crippen molar-refractivity contribution in [1.29, 1.82) is 0 Å². The zero-order valence-electron chi connectivity index (χ0n) is 9.29. The summed E-state index contributed by atoms with van der Waals surface area (Å²) < 4.78 is 0. The molecule has 0 aromatic rings. The SMILES string of the molecule is CC(N)C(C)CN1CCCCC1C. The Balaban J connectivity index is 2.33. The van der Waals surface area contributed by atoms with E-state index < -0.39 is 0 Å². The van der Waals surface area contributed by atoms with Gasteiger partial charge in [-0.3, -0.25) is 0 Å². The minimum atomic E-state index is 0.328. The summed E-state index contributed by atoms with van der Waals surface area (Å²) in [4.78, 5) is 2.59. The van der Waals surface area contributed by atoms with Gasteiger partial charge in [-0.15, -0.1) is 0 Å². The first-order valence-corrected chi connectivity index (χ1v) is 5.61. The van der Waals surface area contributed by atoms with E-state index in [9.17, 15) is 0 Å². The van der Waals surface area contributed by atoms with E-state index in [1.54, 1.807) is 0 Å². The summed E-state index contributed by atoms with van der Waals surface area (Å²) in [6, 6.07) is 1.10. The fourth-order valence-corrected chi connectivity index (χ4v) is 1.97. The Morgan fingerprint density at radius 3 is 2.62 bits per heavy atom. The summed E-state index contributed by atoms with van der Waals surface area (Å²) in [5, 5.41) is 0. The van der Waals surface area contributed by atoms with Gasteiger partial charge >= 0.3 is 0 Å². The maximum Gasteiger partial charge on any atom is 0.00670 e. The third-order valence-corrected chi connectivity index (χ3v) is 3.36. The molecule has 2 N–H and O–H groups in total. The first kappa shape index (κ1) is 11.0. The monoisotopic (exact) mass is 184 g/mol. The molecule has 0 radical (unpaired) electrons. The van der Waals surface area contributed by atoms with Gasteiger partial charge in [0.25, 0.3) is 0 Å². The number of piperidine rings is 1. The molecule has 0 aliphatic carbocycles. The lowest BCUT2D eigenvalue weighted by Crippen LogP contribution is -2.43. The minimum absolute atomic E-state index is 0.328. The number of likely N-dealkylation sites (tertiary alicyclic amines) is 1. The average Bonchev–Trinajstić information content (AvgIpc) is 2.08. The number of nitrogens with two attached hydrogens (primary N) is 1. The molecule has 0 aromatic heterocycles. The van der Waals surface area contributed by atoms with Crippen molar-refractivity contribution >= 4 is 0 Å². The molecule has 2 heteroatoms. The van der Waals surface area contributed by atoms with Crippen molar-refractivity contribution in [1.82, 2.24) is 4.90 Å². The van der Waals surface area contributed by atoms with Crippen LogP contribution in [0.5, 0.6) is 0 Å². The molecule has 1 rings (SSSR count). The highest BCUT2D eigenvalue weighted by Crippen LogP contribution is 2.18. The van der Waals surface area contributed by atoms with Crippen LogP contribution in [0.15, 0.2) is 0 Å². The fourth-order valence-electron chi connectivity index (χ4n) is 1.97. The molecule has 1 aliphatic rings. The summed E-state index contributed by atoms with van der Waals surface area (Å²) in [6.07, 6.45) is 4.14. The molecular weight excluding hydrogens is 160 g/mol. The van der Waals surface area contributed by atoms with E-state index in [4.69, 9.17) is 5.73 Å². The quantitative estimate of drug-likeness (QED) is 0.725. The first-order valence-electron chi connectivity index (χ1n) is 5.61. The van der Waals surface area contributed by atoms with Gasteiger partial charge in [-0.25, -0.2) is 0 Å². The van der Waals surface area contributed by atoms with Crippen LogP contribution in [-0.4, -0.2) is 30.1 Å². The Morgan fingerprint density at radius 1 is 1.38 bits per heavy atom. The molecule has 2 nitrogen and oxygen atoms in total. The van der Waals surface area contributed by atoms with E-state index in [0.717, 1.165) is 6.04 Å². The minimum Gasteiger partial charge on any atom is -0.328 e. The smallest absolute Gasteiger partial charge is 0.00670 e. The van der Waals surface area contributed by atoms with Crippen LogP contribution < -0.4 is 5.73 Å². The van der Waals surface area contributed by atoms with Gasteiger partial charge in [0.2, 0.25) is 0 Å². The molecule has 13 heavy (non-hydrogen) atoms. The lowest BCUT2D eigenvalue weighted by Gasteiger charge is -2.36. The van der Waals surface area contributed by atoms with Gasteiger partial charge in [-0.05, 0) is 39.2 Å². The van der Waals surface area contributed by atoms with Gasteiger partial charge in [-0.2, -0.15) is 0 Å². The second-order valence-corrected chi connectivity index (χ2v) is 4.68. The second kappa shape index (κ2) is 4.97. The maximum atomic E-state index is 5.87. The molecule has 0 saturated carbocycles. The Bertz CT molecular complexity index is 145. The molecule has 1 saturated heterocycles. The van der Waals surface area contributed by atoms with Crippen LogP contribution in [0.2, 0.25) is 0 Å². The number of hydrogen-bond acceptors (Lipinski definition) is 2. The molecular formula is C11H24N2. The normalized spacial score (nSPS) is 30.0. The molecule has 0 aromatic carbocycles. The molecule has 78 valence electrons. The van der Waals surface area contributed by atoms with Crippen LogP contribution in [0, 0.1) is 5.92 Å². The molecule has 0 spiro atoms. The number of nitrogens with zero attached hydrogens (tertiary/aromatic N) is 1. The fraction of sp³-hybridized carbons (Fsp3) is 1.00. The van der Waals surface area contributed by atoms with Gasteiger partial charge in [0, 0.05) is 18.6 Å².